The van der Waals surface area contributed by atoms with Crippen LogP contribution in [0.2, 0.25) is 0 Å². The summed E-state index contributed by atoms with van der Waals surface area (Å²) in [5.41, 5.74) is 1.30. The van der Waals surface area contributed by atoms with Gasteiger partial charge in [-0.2, -0.15) is 0 Å². The van der Waals surface area contributed by atoms with Crippen molar-refractivity contribution in [1.82, 2.24) is 0 Å². The Bertz CT molecular complexity index is 437. The van der Waals surface area contributed by atoms with Crippen molar-refractivity contribution in [3.05, 3.63) is 11.6 Å². The lowest BCUT2D eigenvalue weighted by Crippen LogP contribution is -2.48. The summed E-state index contributed by atoms with van der Waals surface area (Å²) in [5, 5.41) is 0. The molecule has 0 spiro atoms. The van der Waals surface area contributed by atoms with Crippen molar-refractivity contribution in [2.24, 2.45) is 23.2 Å². The van der Waals surface area contributed by atoms with Gasteiger partial charge < -0.3 is 9.47 Å². The summed E-state index contributed by atoms with van der Waals surface area (Å²) in [6.07, 6.45) is 4.14. The van der Waals surface area contributed by atoms with Crippen molar-refractivity contribution in [2.45, 2.75) is 39.4 Å². The molecule has 4 heteroatoms. The number of Topliss-reactive ketones (excluding diaryl/α,β-unsaturated/α-hetero) is 1. The second-order valence-electron chi connectivity index (χ2n) is 6.54. The molecule has 19 heavy (non-hydrogen) atoms. The monoisotopic (exact) mass is 264 g/mol. The molecule has 1 saturated carbocycles. The van der Waals surface area contributed by atoms with Crippen LogP contribution in [0, 0.1) is 23.2 Å². The zero-order chi connectivity index (χ0) is 13.6. The van der Waals surface area contributed by atoms with E-state index < -0.39 is 6.29 Å². The maximum absolute atomic E-state index is 12.4. The molecule has 104 valence electrons. The molecule has 1 heterocycles. The van der Waals surface area contributed by atoms with Gasteiger partial charge in [-0.25, -0.2) is 0 Å². The first-order valence-corrected chi connectivity index (χ1v) is 6.97. The van der Waals surface area contributed by atoms with Crippen molar-refractivity contribution in [1.29, 1.82) is 0 Å². The number of carbonyl (C=O) groups is 2. The van der Waals surface area contributed by atoms with Crippen molar-refractivity contribution in [3.8, 4) is 0 Å². The number of hydrogen-bond donors (Lipinski definition) is 0. The van der Waals surface area contributed by atoms with Crippen LogP contribution in [0.15, 0.2) is 11.6 Å². The highest BCUT2D eigenvalue weighted by Gasteiger charge is 2.53. The van der Waals surface area contributed by atoms with Crippen molar-refractivity contribution in [3.63, 3.8) is 0 Å². The van der Waals surface area contributed by atoms with Gasteiger partial charge in [-0.3, -0.25) is 9.59 Å². The van der Waals surface area contributed by atoms with Crippen LogP contribution in [0.5, 0.6) is 0 Å². The van der Waals surface area contributed by atoms with E-state index in [1.54, 1.807) is 0 Å². The first kappa shape index (κ1) is 12.9. The summed E-state index contributed by atoms with van der Waals surface area (Å²) in [5.74, 6) is 0.541. The van der Waals surface area contributed by atoms with Gasteiger partial charge in [0.05, 0.1) is 12.5 Å². The first-order chi connectivity index (χ1) is 9.04. The molecule has 0 amide bonds. The van der Waals surface area contributed by atoms with Gasteiger partial charge in [0, 0.05) is 12.3 Å². The Morgan fingerprint density at radius 2 is 2.21 bits per heavy atom. The molecule has 0 bridgehead atoms. The number of ketones is 1. The van der Waals surface area contributed by atoms with Gasteiger partial charge in [0.1, 0.15) is 5.78 Å². The summed E-state index contributed by atoms with van der Waals surface area (Å²) in [6, 6.07) is 0. The Morgan fingerprint density at radius 1 is 1.42 bits per heavy atom. The highest BCUT2D eigenvalue weighted by Crippen LogP contribution is 2.53. The second-order valence-corrected chi connectivity index (χ2v) is 6.54. The Morgan fingerprint density at radius 3 is 2.95 bits per heavy atom. The Kier molecular flexibility index (Phi) is 3.01. The number of carbonyl (C=O) groups excluding carboxylic acids is 2. The maximum Gasteiger partial charge on any atom is 0.295 e. The van der Waals surface area contributed by atoms with Crippen molar-refractivity contribution in [2.75, 3.05) is 6.61 Å². The summed E-state index contributed by atoms with van der Waals surface area (Å²) >= 11 is 0. The lowest BCUT2D eigenvalue weighted by molar-refractivity contribution is -0.169. The van der Waals surface area contributed by atoms with Crippen LogP contribution in [0.3, 0.4) is 0 Å². The predicted octanol–water partition coefficient (Wildman–Crippen LogP) is 2.08. The van der Waals surface area contributed by atoms with Crippen LogP contribution in [0.25, 0.3) is 0 Å². The maximum atomic E-state index is 12.4. The molecule has 3 aliphatic rings. The van der Waals surface area contributed by atoms with Gasteiger partial charge in [0.15, 0.2) is 0 Å². The summed E-state index contributed by atoms with van der Waals surface area (Å²) in [4.78, 5) is 23.0. The molecule has 0 aromatic rings. The zero-order valence-electron chi connectivity index (χ0n) is 11.4. The third-order valence-corrected chi connectivity index (χ3v) is 5.17. The quantitative estimate of drug-likeness (QED) is 0.566. The highest BCUT2D eigenvalue weighted by atomic mass is 16.7. The second kappa shape index (κ2) is 4.44. The van der Waals surface area contributed by atoms with E-state index in [-0.39, 0.29) is 17.3 Å². The molecule has 0 unspecified atom stereocenters. The van der Waals surface area contributed by atoms with Gasteiger partial charge in [0.2, 0.25) is 6.29 Å². The SMILES string of the molecule is CC1(C)CCC(=O)[C@@H]2[C@@H]3C(=CC[C@H]21)CO[C@@H]3OC=O. The van der Waals surface area contributed by atoms with Crippen LogP contribution in [0.1, 0.15) is 33.1 Å². The fraction of sp³-hybridized carbons (Fsp3) is 0.733. The van der Waals surface area contributed by atoms with E-state index in [1.807, 2.05) is 0 Å². The average molecular weight is 264 g/mol. The number of rotatable bonds is 2. The minimum Gasteiger partial charge on any atom is -0.437 e. The fourth-order valence-electron chi connectivity index (χ4n) is 4.03. The van der Waals surface area contributed by atoms with Crippen LogP contribution >= 0.6 is 0 Å². The van der Waals surface area contributed by atoms with E-state index >= 15 is 0 Å². The topological polar surface area (TPSA) is 52.6 Å². The van der Waals surface area contributed by atoms with E-state index in [0.29, 0.717) is 31.2 Å². The Balaban J connectivity index is 1.96. The molecule has 3 rings (SSSR count). The lowest BCUT2D eigenvalue weighted by atomic mass is 9.56. The van der Waals surface area contributed by atoms with E-state index in [2.05, 4.69) is 19.9 Å². The molecule has 0 radical (unpaired) electrons. The Labute approximate surface area is 113 Å². The molecule has 2 aliphatic carbocycles. The van der Waals surface area contributed by atoms with Gasteiger partial charge >= 0.3 is 0 Å². The molecule has 0 N–H and O–H groups in total. The molecule has 0 aromatic heterocycles. The number of fused-ring (bicyclic) bond motifs is 3. The van der Waals surface area contributed by atoms with Crippen LogP contribution < -0.4 is 0 Å². The molecule has 1 aliphatic heterocycles. The predicted molar refractivity (Wildman–Crippen MR) is 68.1 cm³/mol. The number of allylic oxidation sites excluding steroid dienone is 1. The molecule has 1 saturated heterocycles. The summed E-state index contributed by atoms with van der Waals surface area (Å²) < 4.78 is 10.6. The largest absolute Gasteiger partial charge is 0.437 e. The highest BCUT2D eigenvalue weighted by molar-refractivity contribution is 5.83. The van der Waals surface area contributed by atoms with E-state index in [1.165, 1.54) is 0 Å². The van der Waals surface area contributed by atoms with Crippen LogP contribution in [0.4, 0.5) is 0 Å². The van der Waals surface area contributed by atoms with Gasteiger partial charge in [-0.05, 0) is 29.7 Å². The normalized spacial score (nSPS) is 40.1. The number of ether oxygens (including phenoxy) is 2. The molecule has 0 aromatic carbocycles. The van der Waals surface area contributed by atoms with Crippen LogP contribution in [-0.4, -0.2) is 25.2 Å². The molecule has 4 atom stereocenters. The fourth-order valence-corrected chi connectivity index (χ4v) is 4.03. The van der Waals surface area contributed by atoms with Gasteiger partial charge in [-0.1, -0.05) is 19.9 Å². The van der Waals surface area contributed by atoms with E-state index in [0.717, 1.165) is 18.4 Å². The smallest absolute Gasteiger partial charge is 0.295 e. The van der Waals surface area contributed by atoms with E-state index in [4.69, 9.17) is 9.47 Å². The molecular formula is C15H20O4. The molecule has 2 fully saturated rings. The third kappa shape index (κ3) is 1.93. The third-order valence-electron chi connectivity index (χ3n) is 5.17. The standard InChI is InChI=1S/C15H20O4/c1-15(2)6-5-11(17)13-10(15)4-3-9-7-18-14(12(9)13)19-8-16/h3,8,10,12-14H,4-7H2,1-2H3/t10-,12+,13-,14-/m1/s1. The van der Waals surface area contributed by atoms with Crippen molar-refractivity contribution >= 4 is 12.3 Å². The first-order valence-electron chi connectivity index (χ1n) is 6.97. The summed E-state index contributed by atoms with van der Waals surface area (Å²) in [6.45, 7) is 5.39. The zero-order valence-corrected chi connectivity index (χ0v) is 11.4. The van der Waals surface area contributed by atoms with Gasteiger partial charge in [0.25, 0.3) is 6.47 Å². The minimum absolute atomic E-state index is 0.0452. The molecule has 4 nitrogen and oxygen atoms in total. The number of hydrogen-bond acceptors (Lipinski definition) is 4. The molecular weight excluding hydrogens is 244 g/mol. The van der Waals surface area contributed by atoms with Crippen molar-refractivity contribution < 1.29 is 19.1 Å². The van der Waals surface area contributed by atoms with E-state index in [9.17, 15) is 9.59 Å². The Hall–Kier alpha value is -1.16. The lowest BCUT2D eigenvalue weighted by Gasteiger charge is -2.47. The minimum atomic E-state index is -0.575. The van der Waals surface area contributed by atoms with Crippen LogP contribution in [-0.2, 0) is 19.1 Å². The van der Waals surface area contributed by atoms with Gasteiger partial charge in [-0.15, -0.1) is 0 Å². The summed E-state index contributed by atoms with van der Waals surface area (Å²) in [7, 11) is 0. The average Bonchev–Trinajstić information content (AvgIpc) is 2.78.